The Labute approximate surface area is 159 Å². The Bertz CT molecular complexity index is 749. The molecule has 0 bridgehead atoms. The Morgan fingerprint density at radius 2 is 2.04 bits per heavy atom. The van der Waals surface area contributed by atoms with E-state index in [2.05, 4.69) is 11.4 Å². The van der Waals surface area contributed by atoms with Crippen molar-refractivity contribution in [3.05, 3.63) is 28.7 Å². The Hall–Kier alpha value is -1.22. The third kappa shape index (κ3) is 5.16. The maximum atomic E-state index is 12.6. The van der Waals surface area contributed by atoms with Crippen LogP contribution < -0.4 is 5.32 Å². The Morgan fingerprint density at radius 3 is 2.77 bits per heavy atom. The highest BCUT2D eigenvalue weighted by atomic mass is 32.2. The van der Waals surface area contributed by atoms with Crippen molar-refractivity contribution in [3.8, 4) is 0 Å². The molecule has 0 aromatic carbocycles. The van der Waals surface area contributed by atoms with Gasteiger partial charge in [-0.05, 0) is 44.2 Å². The number of hydrogen-bond donors (Lipinski definition) is 1. The van der Waals surface area contributed by atoms with Gasteiger partial charge in [0, 0.05) is 24.5 Å². The van der Waals surface area contributed by atoms with Gasteiger partial charge in [0.1, 0.15) is 4.21 Å². The lowest BCUT2D eigenvalue weighted by atomic mass is 9.97. The van der Waals surface area contributed by atoms with Gasteiger partial charge in [-0.15, -0.1) is 11.3 Å². The van der Waals surface area contributed by atoms with Crippen molar-refractivity contribution in [2.24, 2.45) is 0 Å². The Kier molecular flexibility index (Phi) is 6.86. The van der Waals surface area contributed by atoms with Crippen LogP contribution in [0.1, 0.15) is 37.0 Å². The molecule has 0 atom stereocenters. The van der Waals surface area contributed by atoms with E-state index in [0.717, 1.165) is 24.1 Å². The molecule has 1 aliphatic heterocycles. The molecule has 8 heteroatoms. The topological polar surface area (TPSA) is 75.7 Å². The molecule has 1 saturated heterocycles. The van der Waals surface area contributed by atoms with E-state index >= 15 is 0 Å². The van der Waals surface area contributed by atoms with Crippen molar-refractivity contribution in [1.82, 2.24) is 9.62 Å². The third-order valence-electron chi connectivity index (χ3n) is 4.69. The van der Waals surface area contributed by atoms with Crippen LogP contribution in [0.5, 0.6) is 0 Å². The number of nitrogens with one attached hydrogen (secondary N) is 1. The highest BCUT2D eigenvalue weighted by Gasteiger charge is 2.27. The fourth-order valence-electron chi connectivity index (χ4n) is 3.22. The first kappa shape index (κ1) is 19.5. The number of carbonyl (C=O) groups is 1. The number of morpholine rings is 1. The molecule has 0 unspecified atom stereocenters. The first-order valence-corrected chi connectivity index (χ1v) is 11.4. The molecule has 1 fully saturated rings. The number of rotatable bonds is 7. The van der Waals surface area contributed by atoms with Crippen LogP contribution in [0, 0.1) is 0 Å². The van der Waals surface area contributed by atoms with Crippen LogP contribution in [0.25, 0.3) is 0 Å². The van der Waals surface area contributed by atoms with Gasteiger partial charge in [0.25, 0.3) is 10.0 Å². The molecule has 1 aromatic heterocycles. The maximum Gasteiger partial charge on any atom is 0.252 e. The number of ether oxygens (including phenoxy) is 1. The van der Waals surface area contributed by atoms with Crippen molar-refractivity contribution < 1.29 is 17.9 Å². The van der Waals surface area contributed by atoms with Crippen LogP contribution in [-0.4, -0.2) is 51.5 Å². The minimum Gasteiger partial charge on any atom is -0.379 e. The zero-order valence-electron chi connectivity index (χ0n) is 14.9. The molecular formula is C18H26N2O4S2. The van der Waals surface area contributed by atoms with E-state index in [1.165, 1.54) is 34.1 Å². The second-order valence-corrected chi connectivity index (χ2v) is 9.96. The van der Waals surface area contributed by atoms with Crippen molar-refractivity contribution in [3.63, 3.8) is 0 Å². The van der Waals surface area contributed by atoms with Gasteiger partial charge in [-0.1, -0.05) is 11.6 Å². The summed E-state index contributed by atoms with van der Waals surface area (Å²) < 4.78 is 32.2. The van der Waals surface area contributed by atoms with Crippen LogP contribution in [0.4, 0.5) is 0 Å². The quantitative estimate of drug-likeness (QED) is 0.715. The van der Waals surface area contributed by atoms with Gasteiger partial charge in [-0.3, -0.25) is 4.79 Å². The van der Waals surface area contributed by atoms with Crippen LogP contribution in [-0.2, 0) is 26.0 Å². The molecule has 2 aliphatic rings. The number of sulfonamides is 1. The summed E-state index contributed by atoms with van der Waals surface area (Å²) in [4.78, 5) is 12.9. The van der Waals surface area contributed by atoms with Gasteiger partial charge in [0.15, 0.2) is 0 Å². The number of hydrogen-bond acceptors (Lipinski definition) is 5. The first-order valence-electron chi connectivity index (χ1n) is 9.17. The molecule has 1 amide bonds. The highest BCUT2D eigenvalue weighted by molar-refractivity contribution is 7.91. The Morgan fingerprint density at radius 1 is 1.23 bits per heavy atom. The fourth-order valence-corrected chi connectivity index (χ4v) is 6.14. The van der Waals surface area contributed by atoms with Gasteiger partial charge < -0.3 is 10.1 Å². The highest BCUT2D eigenvalue weighted by Crippen LogP contribution is 2.26. The fraction of sp³-hybridized carbons (Fsp3) is 0.611. The summed E-state index contributed by atoms with van der Waals surface area (Å²) in [5.41, 5.74) is 1.44. The lowest BCUT2D eigenvalue weighted by molar-refractivity contribution is -0.120. The van der Waals surface area contributed by atoms with Crippen molar-refractivity contribution >= 4 is 27.3 Å². The van der Waals surface area contributed by atoms with E-state index in [9.17, 15) is 13.2 Å². The number of nitrogens with zero attached hydrogens (tertiary/aromatic N) is 1. The predicted octanol–water partition coefficient (Wildman–Crippen LogP) is 2.32. The maximum absolute atomic E-state index is 12.6. The molecule has 1 aromatic rings. The minimum atomic E-state index is -3.48. The SMILES string of the molecule is O=C(Cc1ccc(S(=O)(=O)N2CCOCC2)s1)NCCC1=CCCCC1. The summed E-state index contributed by atoms with van der Waals surface area (Å²) in [5, 5.41) is 2.94. The summed E-state index contributed by atoms with van der Waals surface area (Å²) >= 11 is 1.18. The summed E-state index contributed by atoms with van der Waals surface area (Å²) in [5.74, 6) is -0.0569. The number of allylic oxidation sites excluding steroid dienone is 1. The van der Waals surface area contributed by atoms with E-state index in [-0.39, 0.29) is 12.3 Å². The Balaban J connectivity index is 1.49. The third-order valence-corrected chi connectivity index (χ3v) is 8.14. The molecule has 2 heterocycles. The van der Waals surface area contributed by atoms with Gasteiger partial charge in [0.2, 0.25) is 5.91 Å². The first-order chi connectivity index (χ1) is 12.6. The van der Waals surface area contributed by atoms with E-state index in [4.69, 9.17) is 4.74 Å². The van der Waals surface area contributed by atoms with Crippen molar-refractivity contribution in [2.75, 3.05) is 32.8 Å². The number of thiophene rings is 1. The zero-order chi connectivity index (χ0) is 18.4. The second-order valence-electron chi connectivity index (χ2n) is 6.62. The van der Waals surface area contributed by atoms with Crippen LogP contribution in [0.3, 0.4) is 0 Å². The van der Waals surface area contributed by atoms with Crippen molar-refractivity contribution in [1.29, 1.82) is 0 Å². The van der Waals surface area contributed by atoms with Gasteiger partial charge in [-0.2, -0.15) is 4.31 Å². The van der Waals surface area contributed by atoms with Gasteiger partial charge in [-0.25, -0.2) is 8.42 Å². The van der Waals surface area contributed by atoms with E-state index in [1.807, 2.05) is 0 Å². The second kappa shape index (κ2) is 9.12. The normalized spacial score (nSPS) is 19.2. The summed E-state index contributed by atoms with van der Waals surface area (Å²) in [6.45, 7) is 2.26. The molecular weight excluding hydrogens is 372 g/mol. The van der Waals surface area contributed by atoms with Crippen molar-refractivity contribution in [2.45, 2.75) is 42.7 Å². The zero-order valence-corrected chi connectivity index (χ0v) is 16.5. The molecule has 0 saturated carbocycles. The number of amides is 1. The standard InChI is InChI=1S/C18H26N2O4S2/c21-17(19-9-8-15-4-2-1-3-5-15)14-16-6-7-18(25-16)26(22,23)20-10-12-24-13-11-20/h4,6-7H,1-3,5,8-14H2,(H,19,21). The molecule has 6 nitrogen and oxygen atoms in total. The largest absolute Gasteiger partial charge is 0.379 e. The summed E-state index contributed by atoms with van der Waals surface area (Å²) in [7, 11) is -3.48. The summed E-state index contributed by atoms with van der Waals surface area (Å²) in [6, 6.07) is 3.34. The van der Waals surface area contributed by atoms with E-state index in [0.29, 0.717) is 37.1 Å². The lowest BCUT2D eigenvalue weighted by Crippen LogP contribution is -2.40. The molecule has 1 N–H and O–H groups in total. The van der Waals surface area contributed by atoms with Crippen LogP contribution in [0.15, 0.2) is 28.0 Å². The average molecular weight is 399 g/mol. The predicted molar refractivity (Wildman–Crippen MR) is 102 cm³/mol. The minimum absolute atomic E-state index is 0.0569. The molecule has 0 radical (unpaired) electrons. The lowest BCUT2D eigenvalue weighted by Gasteiger charge is -2.25. The molecule has 144 valence electrons. The molecule has 3 rings (SSSR count). The monoisotopic (exact) mass is 398 g/mol. The van der Waals surface area contributed by atoms with Gasteiger partial charge >= 0.3 is 0 Å². The molecule has 26 heavy (non-hydrogen) atoms. The van der Waals surface area contributed by atoms with E-state index in [1.54, 1.807) is 12.1 Å². The molecule has 0 spiro atoms. The number of carbonyl (C=O) groups excluding carboxylic acids is 1. The average Bonchev–Trinajstić information content (AvgIpc) is 3.12. The van der Waals surface area contributed by atoms with Gasteiger partial charge in [0.05, 0.1) is 19.6 Å². The van der Waals surface area contributed by atoms with Crippen LogP contribution >= 0.6 is 11.3 Å². The summed E-state index contributed by atoms with van der Waals surface area (Å²) in [6.07, 6.45) is 8.23. The smallest absolute Gasteiger partial charge is 0.252 e. The molecule has 1 aliphatic carbocycles. The van der Waals surface area contributed by atoms with Crippen LogP contribution in [0.2, 0.25) is 0 Å². The van der Waals surface area contributed by atoms with E-state index < -0.39 is 10.0 Å².